The van der Waals surface area contributed by atoms with Crippen LogP contribution in [0.15, 0.2) is 60.7 Å². The predicted molar refractivity (Wildman–Crippen MR) is 101 cm³/mol. The second kappa shape index (κ2) is 8.24. The van der Waals surface area contributed by atoms with Crippen molar-refractivity contribution in [3.63, 3.8) is 0 Å². The molecule has 0 saturated carbocycles. The second-order valence-corrected chi connectivity index (χ2v) is 5.74. The molecule has 4 nitrogen and oxygen atoms in total. The van der Waals surface area contributed by atoms with Gasteiger partial charge in [-0.1, -0.05) is 43.7 Å². The number of hydrogen-bond donors (Lipinski definition) is 2. The molecule has 1 aromatic heterocycles. The minimum absolute atomic E-state index is 0.272. The van der Waals surface area contributed by atoms with Crippen LogP contribution in [-0.4, -0.2) is 16.5 Å². The number of nitrogens with zero attached hydrogens (tertiary/aromatic N) is 2. The lowest BCUT2D eigenvalue weighted by Crippen LogP contribution is -2.06. The van der Waals surface area contributed by atoms with Crippen molar-refractivity contribution in [1.82, 2.24) is 9.97 Å². The van der Waals surface area contributed by atoms with Crippen molar-refractivity contribution in [3.8, 4) is 11.3 Å². The molecule has 0 aliphatic heterocycles. The molecule has 0 spiro atoms. The lowest BCUT2D eigenvalue weighted by atomic mass is 10.1. The number of rotatable bonds is 7. The quantitative estimate of drug-likeness (QED) is 0.579. The number of anilines is 3. The number of unbranched alkanes of at least 4 members (excludes halogenated alkanes) is 1. The van der Waals surface area contributed by atoms with Crippen molar-refractivity contribution in [2.24, 2.45) is 0 Å². The Balaban J connectivity index is 1.89. The maximum absolute atomic E-state index is 13.1. The standard InChI is InChI=1S/C20H21FN4/c1-2-3-13-22-19-14-18(15-7-5-4-6-8-15)24-20(25-19)23-17-11-9-16(21)10-12-17/h4-12,14H,2-3,13H2,1H3,(H2,22,23,24,25). The molecule has 5 heteroatoms. The SMILES string of the molecule is CCCCNc1cc(-c2ccccc2)nc(Nc2ccc(F)cc2)n1. The molecule has 0 bridgehead atoms. The Hall–Kier alpha value is -2.95. The molecule has 0 fully saturated rings. The number of halogens is 1. The molecule has 0 radical (unpaired) electrons. The largest absolute Gasteiger partial charge is 0.370 e. The zero-order valence-corrected chi connectivity index (χ0v) is 14.2. The molecule has 3 rings (SSSR count). The molecule has 1 heterocycles. The Kier molecular flexibility index (Phi) is 5.57. The Morgan fingerprint density at radius 3 is 2.44 bits per heavy atom. The molecule has 2 aromatic carbocycles. The monoisotopic (exact) mass is 336 g/mol. The van der Waals surface area contributed by atoms with Crippen LogP contribution in [0.25, 0.3) is 11.3 Å². The molecular weight excluding hydrogens is 315 g/mol. The van der Waals surface area contributed by atoms with Gasteiger partial charge in [0.05, 0.1) is 5.69 Å². The van der Waals surface area contributed by atoms with E-state index in [4.69, 9.17) is 0 Å². The maximum Gasteiger partial charge on any atom is 0.229 e. The minimum Gasteiger partial charge on any atom is -0.370 e. The first kappa shape index (κ1) is 16.9. The number of hydrogen-bond acceptors (Lipinski definition) is 4. The van der Waals surface area contributed by atoms with E-state index in [0.29, 0.717) is 5.95 Å². The van der Waals surface area contributed by atoms with E-state index in [-0.39, 0.29) is 5.82 Å². The van der Waals surface area contributed by atoms with Gasteiger partial charge in [-0.3, -0.25) is 0 Å². The van der Waals surface area contributed by atoms with Crippen LogP contribution in [0.2, 0.25) is 0 Å². The van der Waals surface area contributed by atoms with Crippen molar-refractivity contribution >= 4 is 17.5 Å². The third-order valence-electron chi connectivity index (χ3n) is 3.73. The number of aromatic nitrogens is 2. The molecular formula is C20H21FN4. The summed E-state index contributed by atoms with van der Waals surface area (Å²) >= 11 is 0. The zero-order chi connectivity index (χ0) is 17.5. The van der Waals surface area contributed by atoms with Gasteiger partial charge in [0.25, 0.3) is 0 Å². The summed E-state index contributed by atoms with van der Waals surface area (Å²) in [4.78, 5) is 9.11. The van der Waals surface area contributed by atoms with Gasteiger partial charge in [-0.2, -0.15) is 4.98 Å². The fourth-order valence-electron chi connectivity index (χ4n) is 2.41. The van der Waals surface area contributed by atoms with Gasteiger partial charge in [-0.15, -0.1) is 0 Å². The van der Waals surface area contributed by atoms with Gasteiger partial charge in [0.15, 0.2) is 0 Å². The van der Waals surface area contributed by atoms with Crippen LogP contribution in [0.5, 0.6) is 0 Å². The van der Waals surface area contributed by atoms with Crippen molar-refractivity contribution in [2.75, 3.05) is 17.2 Å². The lowest BCUT2D eigenvalue weighted by Gasteiger charge is -2.11. The van der Waals surface area contributed by atoms with E-state index < -0.39 is 0 Å². The van der Waals surface area contributed by atoms with Crippen LogP contribution in [-0.2, 0) is 0 Å². The van der Waals surface area contributed by atoms with Gasteiger partial charge in [-0.25, -0.2) is 9.37 Å². The third-order valence-corrected chi connectivity index (χ3v) is 3.73. The van der Waals surface area contributed by atoms with Crippen molar-refractivity contribution < 1.29 is 4.39 Å². The average molecular weight is 336 g/mol. The summed E-state index contributed by atoms with van der Waals surface area (Å²) in [5.41, 5.74) is 2.59. The summed E-state index contributed by atoms with van der Waals surface area (Å²) < 4.78 is 13.1. The van der Waals surface area contributed by atoms with Crippen LogP contribution in [0.4, 0.5) is 21.8 Å². The van der Waals surface area contributed by atoms with E-state index in [0.717, 1.165) is 42.1 Å². The van der Waals surface area contributed by atoms with Gasteiger partial charge in [0.2, 0.25) is 5.95 Å². The normalized spacial score (nSPS) is 10.5. The molecule has 0 aliphatic rings. The fourth-order valence-corrected chi connectivity index (χ4v) is 2.41. The van der Waals surface area contributed by atoms with E-state index in [1.54, 1.807) is 12.1 Å². The summed E-state index contributed by atoms with van der Waals surface area (Å²) in [6.45, 7) is 3.01. The van der Waals surface area contributed by atoms with Crippen LogP contribution in [0.1, 0.15) is 19.8 Å². The van der Waals surface area contributed by atoms with E-state index >= 15 is 0 Å². The summed E-state index contributed by atoms with van der Waals surface area (Å²) in [5, 5.41) is 6.48. The van der Waals surface area contributed by atoms with Crippen molar-refractivity contribution in [2.45, 2.75) is 19.8 Å². The smallest absolute Gasteiger partial charge is 0.229 e. The summed E-state index contributed by atoms with van der Waals surface area (Å²) in [6.07, 6.45) is 2.19. The first-order valence-electron chi connectivity index (χ1n) is 8.45. The van der Waals surface area contributed by atoms with E-state index in [9.17, 15) is 4.39 Å². The van der Waals surface area contributed by atoms with Gasteiger partial charge in [0, 0.05) is 23.9 Å². The van der Waals surface area contributed by atoms with Gasteiger partial charge >= 0.3 is 0 Å². The minimum atomic E-state index is -0.272. The molecule has 0 unspecified atom stereocenters. The molecule has 3 aromatic rings. The van der Waals surface area contributed by atoms with Crippen molar-refractivity contribution in [3.05, 3.63) is 66.5 Å². The number of nitrogens with one attached hydrogen (secondary N) is 2. The molecule has 0 atom stereocenters. The summed E-state index contributed by atoms with van der Waals surface area (Å²) in [6, 6.07) is 18.1. The molecule has 25 heavy (non-hydrogen) atoms. The highest BCUT2D eigenvalue weighted by atomic mass is 19.1. The molecule has 0 aliphatic carbocycles. The highest BCUT2D eigenvalue weighted by Crippen LogP contribution is 2.23. The predicted octanol–water partition coefficient (Wildman–Crippen LogP) is 5.24. The summed E-state index contributed by atoms with van der Waals surface area (Å²) in [5.74, 6) is 0.977. The Morgan fingerprint density at radius 2 is 1.72 bits per heavy atom. The lowest BCUT2D eigenvalue weighted by molar-refractivity contribution is 0.628. The van der Waals surface area contributed by atoms with Gasteiger partial charge < -0.3 is 10.6 Å². The molecule has 2 N–H and O–H groups in total. The molecule has 128 valence electrons. The molecule has 0 saturated heterocycles. The Morgan fingerprint density at radius 1 is 0.960 bits per heavy atom. The summed E-state index contributed by atoms with van der Waals surface area (Å²) in [7, 11) is 0. The van der Waals surface area contributed by atoms with Gasteiger partial charge in [0.1, 0.15) is 11.6 Å². The molecule has 0 amide bonds. The Bertz CT molecular complexity index is 804. The zero-order valence-electron chi connectivity index (χ0n) is 14.2. The first-order valence-corrected chi connectivity index (χ1v) is 8.45. The van der Waals surface area contributed by atoms with Gasteiger partial charge in [-0.05, 0) is 30.7 Å². The fraction of sp³-hybridized carbons (Fsp3) is 0.200. The van der Waals surface area contributed by atoms with Crippen LogP contribution < -0.4 is 10.6 Å². The van der Waals surface area contributed by atoms with E-state index in [1.807, 2.05) is 36.4 Å². The average Bonchev–Trinajstić information content (AvgIpc) is 2.64. The van der Waals surface area contributed by atoms with E-state index in [2.05, 4.69) is 27.5 Å². The highest BCUT2D eigenvalue weighted by Gasteiger charge is 2.07. The number of benzene rings is 2. The third kappa shape index (κ3) is 4.76. The van der Waals surface area contributed by atoms with Crippen molar-refractivity contribution in [1.29, 1.82) is 0 Å². The van der Waals surface area contributed by atoms with E-state index in [1.165, 1.54) is 12.1 Å². The second-order valence-electron chi connectivity index (χ2n) is 5.74. The van der Waals surface area contributed by atoms with Crippen LogP contribution in [0, 0.1) is 5.82 Å². The topological polar surface area (TPSA) is 49.8 Å². The highest BCUT2D eigenvalue weighted by molar-refractivity contribution is 5.66. The maximum atomic E-state index is 13.1. The van der Waals surface area contributed by atoms with Crippen LogP contribution >= 0.6 is 0 Å². The van der Waals surface area contributed by atoms with Crippen LogP contribution in [0.3, 0.4) is 0 Å². The Labute approximate surface area is 147 Å². The first-order chi connectivity index (χ1) is 12.2.